The van der Waals surface area contributed by atoms with Crippen LogP contribution >= 0.6 is 0 Å². The topological polar surface area (TPSA) is 44.9 Å². The lowest BCUT2D eigenvalue weighted by Gasteiger charge is -2.13. The Labute approximate surface area is 123 Å². The van der Waals surface area contributed by atoms with E-state index >= 15 is 0 Å². The van der Waals surface area contributed by atoms with Gasteiger partial charge in [0.2, 0.25) is 0 Å². The van der Waals surface area contributed by atoms with Crippen LogP contribution in [0.2, 0.25) is 0 Å². The minimum absolute atomic E-state index is 0.0351. The van der Waals surface area contributed by atoms with Gasteiger partial charge in [-0.25, -0.2) is 4.39 Å². The van der Waals surface area contributed by atoms with Crippen molar-refractivity contribution in [3.63, 3.8) is 0 Å². The van der Waals surface area contributed by atoms with Crippen molar-refractivity contribution in [2.75, 3.05) is 6.54 Å². The van der Waals surface area contributed by atoms with Gasteiger partial charge in [-0.3, -0.25) is 4.79 Å². The molecule has 0 radical (unpaired) electrons. The number of amides is 1. The normalized spacial score (nSPS) is 15.7. The molecule has 1 aromatic heterocycles. The van der Waals surface area contributed by atoms with Crippen molar-refractivity contribution in [2.24, 2.45) is 0 Å². The van der Waals surface area contributed by atoms with Crippen molar-refractivity contribution < 1.29 is 9.18 Å². The highest BCUT2D eigenvalue weighted by Crippen LogP contribution is 2.40. The molecule has 0 unspecified atom stereocenters. The number of benzene rings is 1. The summed E-state index contributed by atoms with van der Waals surface area (Å²) in [6.45, 7) is 2.56. The van der Waals surface area contributed by atoms with Gasteiger partial charge in [0.05, 0.1) is 5.56 Å². The van der Waals surface area contributed by atoms with E-state index in [2.05, 4.69) is 10.3 Å². The van der Waals surface area contributed by atoms with Crippen LogP contribution in [0.3, 0.4) is 0 Å². The van der Waals surface area contributed by atoms with E-state index < -0.39 is 0 Å². The molecule has 0 bridgehead atoms. The molecular formula is C17H19FN2O. The SMILES string of the molecule is C[C@H](CNC(=O)c1cc[nH]c1C1CC1)c1ccc(F)cc1. The third-order valence-corrected chi connectivity index (χ3v) is 4.02. The summed E-state index contributed by atoms with van der Waals surface area (Å²) in [6.07, 6.45) is 4.14. The Kier molecular flexibility index (Phi) is 3.78. The molecule has 0 spiro atoms. The van der Waals surface area contributed by atoms with Gasteiger partial charge in [0, 0.05) is 18.4 Å². The molecule has 0 aliphatic heterocycles. The van der Waals surface area contributed by atoms with Crippen molar-refractivity contribution in [3.8, 4) is 0 Å². The van der Waals surface area contributed by atoms with Crippen LogP contribution < -0.4 is 5.32 Å². The molecule has 0 saturated heterocycles. The monoisotopic (exact) mass is 286 g/mol. The molecule has 2 aromatic rings. The highest BCUT2D eigenvalue weighted by Gasteiger charge is 2.29. The van der Waals surface area contributed by atoms with E-state index in [-0.39, 0.29) is 17.6 Å². The first-order valence-corrected chi connectivity index (χ1v) is 7.36. The average Bonchev–Trinajstić information content (AvgIpc) is 3.22. The minimum Gasteiger partial charge on any atom is -0.364 e. The van der Waals surface area contributed by atoms with Crippen molar-refractivity contribution in [3.05, 3.63) is 59.2 Å². The van der Waals surface area contributed by atoms with E-state index in [0.29, 0.717) is 12.5 Å². The molecule has 3 nitrogen and oxygen atoms in total. The highest BCUT2D eigenvalue weighted by atomic mass is 19.1. The molecule has 3 rings (SSSR count). The Balaban J connectivity index is 1.60. The van der Waals surface area contributed by atoms with Crippen LogP contribution in [0, 0.1) is 5.82 Å². The second kappa shape index (κ2) is 5.72. The van der Waals surface area contributed by atoms with E-state index in [1.807, 2.05) is 19.2 Å². The molecule has 110 valence electrons. The van der Waals surface area contributed by atoms with E-state index in [4.69, 9.17) is 0 Å². The number of carbonyl (C=O) groups excluding carboxylic acids is 1. The number of hydrogen-bond acceptors (Lipinski definition) is 1. The first kappa shape index (κ1) is 13.9. The van der Waals surface area contributed by atoms with Gasteiger partial charge in [-0.2, -0.15) is 0 Å². The number of H-pyrrole nitrogens is 1. The molecule has 1 saturated carbocycles. The molecule has 2 N–H and O–H groups in total. The third-order valence-electron chi connectivity index (χ3n) is 4.02. The number of hydrogen-bond donors (Lipinski definition) is 2. The van der Waals surface area contributed by atoms with Crippen molar-refractivity contribution in [1.29, 1.82) is 0 Å². The summed E-state index contributed by atoms with van der Waals surface area (Å²) in [5, 5.41) is 2.97. The molecule has 1 aliphatic rings. The number of rotatable bonds is 5. The average molecular weight is 286 g/mol. The molecule has 21 heavy (non-hydrogen) atoms. The Morgan fingerprint density at radius 1 is 1.33 bits per heavy atom. The molecule has 1 aromatic carbocycles. The maximum atomic E-state index is 12.9. The zero-order valence-corrected chi connectivity index (χ0v) is 12.0. The quantitative estimate of drug-likeness (QED) is 0.867. The maximum Gasteiger partial charge on any atom is 0.253 e. The summed E-state index contributed by atoms with van der Waals surface area (Å²) in [5.41, 5.74) is 2.83. The predicted octanol–water partition coefficient (Wildman–Crippen LogP) is 3.56. The summed E-state index contributed by atoms with van der Waals surface area (Å²) in [7, 11) is 0. The van der Waals surface area contributed by atoms with Crippen LogP contribution in [0.15, 0.2) is 36.5 Å². The van der Waals surface area contributed by atoms with E-state index in [1.165, 1.54) is 12.1 Å². The smallest absolute Gasteiger partial charge is 0.253 e. The number of aromatic amines is 1. The summed E-state index contributed by atoms with van der Waals surface area (Å²) in [6, 6.07) is 8.26. The van der Waals surface area contributed by atoms with Crippen LogP contribution in [0.4, 0.5) is 4.39 Å². The maximum absolute atomic E-state index is 12.9. The molecule has 1 heterocycles. The number of carbonyl (C=O) groups is 1. The summed E-state index contributed by atoms with van der Waals surface area (Å²) >= 11 is 0. The Morgan fingerprint density at radius 2 is 2.05 bits per heavy atom. The summed E-state index contributed by atoms with van der Waals surface area (Å²) < 4.78 is 12.9. The Hall–Kier alpha value is -2.10. The molecule has 1 aliphatic carbocycles. The lowest BCUT2D eigenvalue weighted by atomic mass is 10.0. The summed E-state index contributed by atoms with van der Waals surface area (Å²) in [5.74, 6) is 0.400. The fourth-order valence-electron chi connectivity index (χ4n) is 2.54. The van der Waals surface area contributed by atoms with Gasteiger partial charge in [-0.15, -0.1) is 0 Å². The van der Waals surface area contributed by atoms with Gasteiger partial charge in [-0.1, -0.05) is 19.1 Å². The molecule has 1 amide bonds. The first-order valence-electron chi connectivity index (χ1n) is 7.36. The van der Waals surface area contributed by atoms with Crippen molar-refractivity contribution in [1.82, 2.24) is 10.3 Å². The fraction of sp³-hybridized carbons (Fsp3) is 0.353. The lowest BCUT2D eigenvalue weighted by molar-refractivity contribution is 0.0951. The van der Waals surface area contributed by atoms with Gasteiger partial charge >= 0.3 is 0 Å². The Morgan fingerprint density at radius 3 is 2.71 bits per heavy atom. The van der Waals surface area contributed by atoms with Crippen LogP contribution in [0.5, 0.6) is 0 Å². The number of aromatic nitrogens is 1. The van der Waals surface area contributed by atoms with Gasteiger partial charge in [0.15, 0.2) is 0 Å². The summed E-state index contributed by atoms with van der Waals surface area (Å²) in [4.78, 5) is 15.4. The van der Waals surface area contributed by atoms with Gasteiger partial charge in [0.25, 0.3) is 5.91 Å². The minimum atomic E-state index is -0.239. The van der Waals surface area contributed by atoms with Crippen LogP contribution in [-0.4, -0.2) is 17.4 Å². The molecular weight excluding hydrogens is 267 g/mol. The standard InChI is InChI=1S/C17H19FN2O/c1-11(12-4-6-14(18)7-5-12)10-20-17(21)15-8-9-19-16(15)13-2-3-13/h4-9,11,13,19H,2-3,10H2,1H3,(H,20,21)/t11-/m1/s1. The van der Waals surface area contributed by atoms with Gasteiger partial charge in [-0.05, 0) is 48.4 Å². The molecule has 4 heteroatoms. The number of nitrogens with one attached hydrogen (secondary N) is 2. The fourth-order valence-corrected chi connectivity index (χ4v) is 2.54. The highest BCUT2D eigenvalue weighted by molar-refractivity contribution is 5.95. The lowest BCUT2D eigenvalue weighted by Crippen LogP contribution is -2.28. The predicted molar refractivity (Wildman–Crippen MR) is 79.9 cm³/mol. The van der Waals surface area contributed by atoms with Crippen LogP contribution in [0.1, 0.15) is 53.2 Å². The van der Waals surface area contributed by atoms with E-state index in [1.54, 1.807) is 12.1 Å². The third kappa shape index (κ3) is 3.15. The first-order chi connectivity index (χ1) is 10.1. The zero-order valence-electron chi connectivity index (χ0n) is 12.0. The van der Waals surface area contributed by atoms with Gasteiger partial charge < -0.3 is 10.3 Å². The van der Waals surface area contributed by atoms with Gasteiger partial charge in [0.1, 0.15) is 5.82 Å². The zero-order chi connectivity index (χ0) is 14.8. The molecule has 1 atom stereocenters. The Bertz CT molecular complexity index is 628. The second-order valence-electron chi connectivity index (χ2n) is 5.74. The second-order valence-corrected chi connectivity index (χ2v) is 5.74. The van der Waals surface area contributed by atoms with Crippen LogP contribution in [0.25, 0.3) is 0 Å². The number of halogens is 1. The largest absolute Gasteiger partial charge is 0.364 e. The van der Waals surface area contributed by atoms with Crippen molar-refractivity contribution in [2.45, 2.75) is 31.6 Å². The van der Waals surface area contributed by atoms with E-state index in [0.717, 1.165) is 29.7 Å². The van der Waals surface area contributed by atoms with Crippen molar-refractivity contribution >= 4 is 5.91 Å². The molecule has 1 fully saturated rings. The van der Waals surface area contributed by atoms with E-state index in [9.17, 15) is 9.18 Å². The van der Waals surface area contributed by atoms with Crippen LogP contribution in [-0.2, 0) is 0 Å².